The molecule has 82 valence electrons. The van der Waals surface area contributed by atoms with Gasteiger partial charge in [-0.05, 0) is 24.1 Å². The summed E-state index contributed by atoms with van der Waals surface area (Å²) < 4.78 is 0. The Morgan fingerprint density at radius 3 is 2.93 bits per heavy atom. The second-order valence-electron chi connectivity index (χ2n) is 3.40. The lowest BCUT2D eigenvalue weighted by Gasteiger charge is -2.08. The third-order valence-electron chi connectivity index (χ3n) is 1.93. The van der Waals surface area contributed by atoms with Crippen molar-refractivity contribution in [3.05, 3.63) is 28.8 Å². The van der Waals surface area contributed by atoms with Crippen molar-refractivity contribution in [1.29, 1.82) is 0 Å². The molecule has 0 aliphatic carbocycles. The molecule has 0 bridgehead atoms. The average molecular weight is 245 g/mol. The van der Waals surface area contributed by atoms with Crippen molar-refractivity contribution in [2.75, 3.05) is 12.4 Å². The minimum Gasteiger partial charge on any atom is -0.396 e. The highest BCUT2D eigenvalue weighted by Crippen LogP contribution is 2.26. The van der Waals surface area contributed by atoms with E-state index in [4.69, 9.17) is 16.7 Å². The highest BCUT2D eigenvalue weighted by Gasteiger charge is 2.06. The van der Waals surface area contributed by atoms with Gasteiger partial charge in [-0.15, -0.1) is 11.8 Å². The number of benzene rings is 1. The molecule has 15 heavy (non-hydrogen) atoms. The van der Waals surface area contributed by atoms with Crippen molar-refractivity contribution < 1.29 is 9.90 Å². The predicted octanol–water partition coefficient (Wildman–Crippen LogP) is 2.87. The minimum absolute atomic E-state index is 0.164. The topological polar surface area (TPSA) is 37.3 Å². The first-order chi connectivity index (χ1) is 7.17. The van der Waals surface area contributed by atoms with Crippen LogP contribution in [-0.4, -0.2) is 23.8 Å². The maximum Gasteiger partial charge on any atom is 0.151 e. The van der Waals surface area contributed by atoms with Crippen LogP contribution >= 0.6 is 23.4 Å². The Hall–Kier alpha value is -0.510. The molecular weight excluding hydrogens is 232 g/mol. The van der Waals surface area contributed by atoms with Gasteiger partial charge in [-0.1, -0.05) is 18.5 Å². The largest absolute Gasteiger partial charge is 0.396 e. The van der Waals surface area contributed by atoms with Crippen molar-refractivity contribution in [3.63, 3.8) is 0 Å². The van der Waals surface area contributed by atoms with Gasteiger partial charge in [0.25, 0.3) is 0 Å². The van der Waals surface area contributed by atoms with Crippen LogP contribution in [0.5, 0.6) is 0 Å². The summed E-state index contributed by atoms with van der Waals surface area (Å²) in [5, 5.41) is 9.45. The van der Waals surface area contributed by atoms with Crippen molar-refractivity contribution in [3.8, 4) is 0 Å². The SMILES string of the molecule is CC(CO)CSc1ccc(Cl)cc1C=O. The zero-order valence-electron chi connectivity index (χ0n) is 8.44. The van der Waals surface area contributed by atoms with E-state index < -0.39 is 0 Å². The second-order valence-corrected chi connectivity index (χ2v) is 4.90. The Kier molecular flexibility index (Phi) is 5.15. The Balaban J connectivity index is 2.72. The van der Waals surface area contributed by atoms with Gasteiger partial charge in [-0.25, -0.2) is 0 Å². The first kappa shape index (κ1) is 12.6. The molecule has 1 N–H and O–H groups in total. The molecule has 1 rings (SSSR count). The van der Waals surface area contributed by atoms with Gasteiger partial charge >= 0.3 is 0 Å². The lowest BCUT2D eigenvalue weighted by Crippen LogP contribution is -2.03. The van der Waals surface area contributed by atoms with Gasteiger partial charge < -0.3 is 5.11 Å². The smallest absolute Gasteiger partial charge is 0.151 e. The first-order valence-corrected chi connectivity index (χ1v) is 6.02. The minimum atomic E-state index is 0.164. The quantitative estimate of drug-likeness (QED) is 0.639. The molecule has 4 heteroatoms. The van der Waals surface area contributed by atoms with Crippen LogP contribution in [0.2, 0.25) is 5.02 Å². The summed E-state index contributed by atoms with van der Waals surface area (Å²) in [6, 6.07) is 5.25. The molecule has 2 nitrogen and oxygen atoms in total. The van der Waals surface area contributed by atoms with E-state index in [1.807, 2.05) is 13.0 Å². The number of aldehydes is 1. The van der Waals surface area contributed by atoms with Gasteiger partial charge in [0.2, 0.25) is 0 Å². The van der Waals surface area contributed by atoms with Crippen molar-refractivity contribution in [2.24, 2.45) is 5.92 Å². The standard InChI is InChI=1S/C11H13ClO2S/c1-8(5-13)7-15-11-3-2-10(12)4-9(11)6-14/h2-4,6,8,13H,5,7H2,1H3. The van der Waals surface area contributed by atoms with Crippen molar-refractivity contribution in [1.82, 2.24) is 0 Å². The molecule has 1 aromatic carbocycles. The van der Waals surface area contributed by atoms with Gasteiger partial charge in [-0.2, -0.15) is 0 Å². The van der Waals surface area contributed by atoms with Crippen LogP contribution in [0.3, 0.4) is 0 Å². The van der Waals surface area contributed by atoms with E-state index in [9.17, 15) is 4.79 Å². The van der Waals surface area contributed by atoms with E-state index in [1.54, 1.807) is 23.9 Å². The molecule has 0 aromatic heterocycles. The number of hydrogen-bond donors (Lipinski definition) is 1. The number of rotatable bonds is 5. The Labute approximate surface area is 98.6 Å². The number of thioether (sulfide) groups is 1. The number of halogens is 1. The lowest BCUT2D eigenvalue weighted by molar-refractivity contribution is 0.112. The summed E-state index contributed by atoms with van der Waals surface area (Å²) in [6.07, 6.45) is 0.803. The second kappa shape index (κ2) is 6.16. The van der Waals surface area contributed by atoms with E-state index in [2.05, 4.69) is 0 Å². The van der Waals surface area contributed by atoms with Gasteiger partial charge in [-0.3, -0.25) is 4.79 Å². The molecule has 0 saturated carbocycles. The molecule has 0 saturated heterocycles. The monoisotopic (exact) mass is 244 g/mol. The van der Waals surface area contributed by atoms with Crippen LogP contribution in [0.15, 0.2) is 23.1 Å². The number of aliphatic hydroxyl groups excluding tert-OH is 1. The van der Waals surface area contributed by atoms with Crippen LogP contribution < -0.4 is 0 Å². The van der Waals surface area contributed by atoms with E-state index in [0.717, 1.165) is 16.9 Å². The summed E-state index contributed by atoms with van der Waals surface area (Å²) in [5.74, 6) is 1.02. The zero-order valence-corrected chi connectivity index (χ0v) is 10.0. The molecule has 1 unspecified atom stereocenters. The lowest BCUT2D eigenvalue weighted by atomic mass is 10.2. The maximum absolute atomic E-state index is 10.8. The predicted molar refractivity (Wildman–Crippen MR) is 63.8 cm³/mol. The van der Waals surface area contributed by atoms with E-state index in [-0.39, 0.29) is 12.5 Å². The van der Waals surface area contributed by atoms with E-state index in [0.29, 0.717) is 10.6 Å². The van der Waals surface area contributed by atoms with Gasteiger partial charge in [0, 0.05) is 27.8 Å². The average Bonchev–Trinajstić information content (AvgIpc) is 2.26. The van der Waals surface area contributed by atoms with E-state index >= 15 is 0 Å². The number of carbonyl (C=O) groups excluding carboxylic acids is 1. The normalized spacial score (nSPS) is 12.5. The summed E-state index contributed by atoms with van der Waals surface area (Å²) in [5.41, 5.74) is 0.609. The molecule has 0 aliphatic rings. The van der Waals surface area contributed by atoms with Crippen LogP contribution in [-0.2, 0) is 0 Å². The molecular formula is C11H13ClO2S. The molecule has 0 amide bonds. The fourth-order valence-electron chi connectivity index (χ4n) is 1.03. The third kappa shape index (κ3) is 3.86. The molecule has 1 atom stereocenters. The molecule has 0 heterocycles. The van der Waals surface area contributed by atoms with Gasteiger partial charge in [0.1, 0.15) is 0 Å². The van der Waals surface area contributed by atoms with Crippen LogP contribution in [0.4, 0.5) is 0 Å². The van der Waals surface area contributed by atoms with Crippen LogP contribution in [0.25, 0.3) is 0 Å². The first-order valence-electron chi connectivity index (χ1n) is 4.65. The summed E-state index contributed by atoms with van der Waals surface area (Å²) in [7, 11) is 0. The molecule has 1 aromatic rings. The molecule has 0 aliphatic heterocycles. The summed E-state index contributed by atoms with van der Waals surface area (Å²) in [6.45, 7) is 2.13. The Morgan fingerprint density at radius 2 is 2.33 bits per heavy atom. The molecule has 0 radical (unpaired) electrons. The fraction of sp³-hybridized carbons (Fsp3) is 0.364. The molecule has 0 spiro atoms. The number of carbonyl (C=O) groups is 1. The van der Waals surface area contributed by atoms with Crippen molar-refractivity contribution in [2.45, 2.75) is 11.8 Å². The third-order valence-corrected chi connectivity index (χ3v) is 3.59. The van der Waals surface area contributed by atoms with Crippen molar-refractivity contribution >= 4 is 29.6 Å². The number of aliphatic hydroxyl groups is 1. The maximum atomic E-state index is 10.8. The Morgan fingerprint density at radius 1 is 1.60 bits per heavy atom. The van der Waals surface area contributed by atoms with Crippen LogP contribution in [0, 0.1) is 5.92 Å². The Bertz CT molecular complexity index is 341. The summed E-state index contributed by atoms with van der Waals surface area (Å²) >= 11 is 7.34. The van der Waals surface area contributed by atoms with Crippen LogP contribution in [0.1, 0.15) is 17.3 Å². The molecule has 0 fully saturated rings. The van der Waals surface area contributed by atoms with Gasteiger partial charge in [0.05, 0.1) is 0 Å². The van der Waals surface area contributed by atoms with E-state index in [1.165, 1.54) is 0 Å². The highest BCUT2D eigenvalue weighted by atomic mass is 35.5. The van der Waals surface area contributed by atoms with Gasteiger partial charge in [0.15, 0.2) is 6.29 Å². The zero-order chi connectivity index (χ0) is 11.3. The fourth-order valence-corrected chi connectivity index (χ4v) is 2.22. The number of hydrogen-bond acceptors (Lipinski definition) is 3. The highest BCUT2D eigenvalue weighted by molar-refractivity contribution is 7.99. The summed E-state index contributed by atoms with van der Waals surface area (Å²) in [4.78, 5) is 11.7.